The topological polar surface area (TPSA) is 152 Å². The summed E-state index contributed by atoms with van der Waals surface area (Å²) in [5, 5.41) is 9.94. The molecule has 138 valence electrons. The normalized spacial score (nSPS) is 12.4. The molecule has 8 nitrogen and oxygen atoms in total. The molecule has 0 saturated carbocycles. The Bertz CT molecular complexity index is 879. The zero-order valence-electron chi connectivity index (χ0n) is 14.4. The van der Waals surface area contributed by atoms with E-state index in [4.69, 9.17) is 16.9 Å². The number of Topliss-reactive ketones (excluding diaryl/α,β-unsaturated/α-hetero) is 1. The van der Waals surface area contributed by atoms with E-state index in [2.05, 4.69) is 10.3 Å². The largest absolute Gasteiger partial charge is 0.396 e. The molecule has 0 fully saturated rings. The van der Waals surface area contributed by atoms with Crippen LogP contribution in [0.15, 0.2) is 60.3 Å². The van der Waals surface area contributed by atoms with Crippen molar-refractivity contribution in [2.24, 2.45) is 11.5 Å². The van der Waals surface area contributed by atoms with Gasteiger partial charge < -0.3 is 22.2 Å². The first-order valence-corrected chi connectivity index (χ1v) is 8.04. The van der Waals surface area contributed by atoms with Gasteiger partial charge >= 0.3 is 0 Å². The highest BCUT2D eigenvalue weighted by atomic mass is 16.2. The van der Waals surface area contributed by atoms with E-state index in [1.807, 2.05) is 0 Å². The number of pyridine rings is 1. The van der Waals surface area contributed by atoms with Crippen LogP contribution in [-0.4, -0.2) is 34.8 Å². The van der Waals surface area contributed by atoms with Crippen molar-refractivity contribution in [3.05, 3.63) is 71.6 Å². The fourth-order valence-corrected chi connectivity index (χ4v) is 2.39. The van der Waals surface area contributed by atoms with Crippen LogP contribution in [0.25, 0.3) is 5.70 Å². The maximum Gasteiger partial charge on any atom is 0.287 e. The standard InChI is InChI=1S/C19H19N5O3/c20-11-13(16(21)14-8-4-5-9-23-14)19(27)24-15(17(25)18(22)26)10-12-6-2-1-3-7-12/h1-9,11,15,20H,10,21H2,(H2,22,26)(H,24,27)/b16-13+,20-11?. The smallest absolute Gasteiger partial charge is 0.287 e. The Morgan fingerprint density at radius 3 is 2.30 bits per heavy atom. The molecule has 0 radical (unpaired) electrons. The number of ketones is 1. The number of amides is 2. The van der Waals surface area contributed by atoms with Gasteiger partial charge in [-0.15, -0.1) is 0 Å². The summed E-state index contributed by atoms with van der Waals surface area (Å²) in [5.74, 6) is -2.87. The molecule has 1 atom stereocenters. The van der Waals surface area contributed by atoms with Gasteiger partial charge in [-0.05, 0) is 17.7 Å². The number of hydrogen-bond donors (Lipinski definition) is 4. The van der Waals surface area contributed by atoms with Gasteiger partial charge in [-0.3, -0.25) is 19.4 Å². The maximum absolute atomic E-state index is 12.6. The van der Waals surface area contributed by atoms with Crippen molar-refractivity contribution in [1.29, 1.82) is 5.41 Å². The van der Waals surface area contributed by atoms with Crippen LogP contribution < -0.4 is 16.8 Å². The number of carbonyl (C=O) groups excluding carboxylic acids is 3. The average molecular weight is 365 g/mol. The predicted molar refractivity (Wildman–Crippen MR) is 100 cm³/mol. The molecule has 2 rings (SSSR count). The fraction of sp³-hybridized carbons (Fsp3) is 0.105. The molecule has 0 aliphatic heterocycles. The first-order valence-electron chi connectivity index (χ1n) is 8.04. The predicted octanol–water partition coefficient (Wildman–Crippen LogP) is 0.183. The third-order valence-corrected chi connectivity index (χ3v) is 3.77. The molecule has 2 aromatic rings. The zero-order valence-corrected chi connectivity index (χ0v) is 14.4. The van der Waals surface area contributed by atoms with Gasteiger partial charge in [-0.1, -0.05) is 36.4 Å². The SMILES string of the molecule is N=C/C(C(=O)NC(Cc1ccccc1)C(=O)C(N)=O)=C(\N)c1ccccn1. The Morgan fingerprint density at radius 1 is 1.07 bits per heavy atom. The first kappa shape index (κ1) is 19.5. The van der Waals surface area contributed by atoms with Crippen molar-refractivity contribution < 1.29 is 14.4 Å². The van der Waals surface area contributed by atoms with Gasteiger partial charge in [0.25, 0.3) is 11.8 Å². The van der Waals surface area contributed by atoms with E-state index in [1.165, 1.54) is 6.20 Å². The molecular weight excluding hydrogens is 346 g/mol. The van der Waals surface area contributed by atoms with Crippen LogP contribution in [0, 0.1) is 5.41 Å². The molecule has 0 saturated heterocycles. The number of nitrogens with one attached hydrogen (secondary N) is 2. The van der Waals surface area contributed by atoms with Gasteiger partial charge in [-0.25, -0.2) is 0 Å². The minimum atomic E-state index is -1.18. The number of carbonyl (C=O) groups is 3. The first-order chi connectivity index (χ1) is 12.9. The summed E-state index contributed by atoms with van der Waals surface area (Å²) in [5.41, 5.74) is 11.9. The van der Waals surface area contributed by atoms with Gasteiger partial charge in [0.2, 0.25) is 5.78 Å². The summed E-state index contributed by atoms with van der Waals surface area (Å²) in [6, 6.07) is 12.6. The Hall–Kier alpha value is -3.81. The van der Waals surface area contributed by atoms with Crippen LogP contribution in [0.4, 0.5) is 0 Å². The highest BCUT2D eigenvalue weighted by molar-refractivity contribution is 6.38. The lowest BCUT2D eigenvalue weighted by atomic mass is 10.0. The van der Waals surface area contributed by atoms with Gasteiger partial charge in [0, 0.05) is 18.8 Å². The lowest BCUT2D eigenvalue weighted by Gasteiger charge is -2.17. The monoisotopic (exact) mass is 365 g/mol. The minimum absolute atomic E-state index is 0.0203. The van der Waals surface area contributed by atoms with Crippen molar-refractivity contribution in [3.63, 3.8) is 0 Å². The van der Waals surface area contributed by atoms with Crippen molar-refractivity contribution in [2.45, 2.75) is 12.5 Å². The second-order valence-corrected chi connectivity index (χ2v) is 5.63. The van der Waals surface area contributed by atoms with E-state index in [9.17, 15) is 14.4 Å². The molecule has 0 spiro atoms. The highest BCUT2D eigenvalue weighted by Crippen LogP contribution is 2.11. The Kier molecular flexibility index (Phi) is 6.54. The van der Waals surface area contributed by atoms with E-state index in [-0.39, 0.29) is 17.7 Å². The Labute approximate surface area is 155 Å². The minimum Gasteiger partial charge on any atom is -0.396 e. The molecule has 1 unspecified atom stereocenters. The van der Waals surface area contributed by atoms with Crippen molar-refractivity contribution in [2.75, 3.05) is 0 Å². The van der Waals surface area contributed by atoms with Gasteiger partial charge in [0.05, 0.1) is 17.0 Å². The van der Waals surface area contributed by atoms with Crippen molar-refractivity contribution in [1.82, 2.24) is 10.3 Å². The summed E-state index contributed by atoms with van der Waals surface area (Å²) in [6.07, 6.45) is 2.34. The summed E-state index contributed by atoms with van der Waals surface area (Å²) in [6.45, 7) is 0. The average Bonchev–Trinajstić information content (AvgIpc) is 2.68. The van der Waals surface area contributed by atoms with Gasteiger partial charge in [0.15, 0.2) is 0 Å². The quantitative estimate of drug-likeness (QED) is 0.299. The lowest BCUT2D eigenvalue weighted by Crippen LogP contribution is -2.48. The summed E-state index contributed by atoms with van der Waals surface area (Å²) in [4.78, 5) is 40.1. The molecule has 0 bridgehead atoms. The molecule has 1 aromatic carbocycles. The second kappa shape index (κ2) is 9.04. The molecule has 1 heterocycles. The number of benzene rings is 1. The van der Waals surface area contributed by atoms with Gasteiger partial charge in [-0.2, -0.15) is 0 Å². The van der Waals surface area contributed by atoms with E-state index < -0.39 is 23.6 Å². The van der Waals surface area contributed by atoms with Crippen LogP contribution in [-0.2, 0) is 20.8 Å². The lowest BCUT2D eigenvalue weighted by molar-refractivity contribution is -0.138. The second-order valence-electron chi connectivity index (χ2n) is 5.63. The molecule has 0 aliphatic rings. The molecular formula is C19H19N5O3. The third kappa shape index (κ3) is 5.08. The molecule has 8 heteroatoms. The number of hydrogen-bond acceptors (Lipinski definition) is 6. The summed E-state index contributed by atoms with van der Waals surface area (Å²) >= 11 is 0. The Morgan fingerprint density at radius 2 is 1.74 bits per heavy atom. The van der Waals surface area contributed by atoms with Crippen LogP contribution in [0.2, 0.25) is 0 Å². The molecule has 6 N–H and O–H groups in total. The summed E-state index contributed by atoms with van der Waals surface area (Å²) < 4.78 is 0. The number of primary amides is 1. The number of nitrogens with two attached hydrogens (primary N) is 2. The van der Waals surface area contributed by atoms with Crippen LogP contribution >= 0.6 is 0 Å². The highest BCUT2D eigenvalue weighted by Gasteiger charge is 2.27. The number of aromatic nitrogens is 1. The van der Waals surface area contributed by atoms with E-state index >= 15 is 0 Å². The van der Waals surface area contributed by atoms with Crippen molar-refractivity contribution >= 4 is 29.5 Å². The van der Waals surface area contributed by atoms with Crippen molar-refractivity contribution in [3.8, 4) is 0 Å². The molecule has 2 amide bonds. The molecule has 1 aromatic heterocycles. The number of nitrogens with zero attached hydrogens (tertiary/aromatic N) is 1. The fourth-order valence-electron chi connectivity index (χ4n) is 2.39. The van der Waals surface area contributed by atoms with E-state index in [1.54, 1.807) is 48.5 Å². The van der Waals surface area contributed by atoms with E-state index in [0.717, 1.165) is 11.8 Å². The van der Waals surface area contributed by atoms with Gasteiger partial charge in [0.1, 0.15) is 6.04 Å². The molecule has 27 heavy (non-hydrogen) atoms. The van der Waals surface area contributed by atoms with E-state index in [0.29, 0.717) is 5.69 Å². The van der Waals surface area contributed by atoms with Crippen LogP contribution in [0.5, 0.6) is 0 Å². The number of rotatable bonds is 8. The van der Waals surface area contributed by atoms with Crippen LogP contribution in [0.3, 0.4) is 0 Å². The summed E-state index contributed by atoms with van der Waals surface area (Å²) in [7, 11) is 0. The van der Waals surface area contributed by atoms with Crippen LogP contribution in [0.1, 0.15) is 11.3 Å². The third-order valence-electron chi connectivity index (χ3n) is 3.77. The zero-order chi connectivity index (χ0) is 19.8. The Balaban J connectivity index is 2.29. The molecule has 0 aliphatic carbocycles. The maximum atomic E-state index is 12.6.